The number of halogens is 1. The van der Waals surface area contributed by atoms with Crippen LogP contribution in [0.4, 0.5) is 0 Å². The Hall–Kier alpha value is -2.86. The van der Waals surface area contributed by atoms with Gasteiger partial charge in [-0.2, -0.15) is 0 Å². The summed E-state index contributed by atoms with van der Waals surface area (Å²) in [6.45, 7) is 1.05. The minimum Gasteiger partial charge on any atom is -0.497 e. The first-order valence-electron chi connectivity index (χ1n) is 10.2. The Morgan fingerprint density at radius 3 is 2.60 bits per heavy atom. The zero-order valence-corrected chi connectivity index (χ0v) is 17.7. The van der Waals surface area contributed by atoms with Gasteiger partial charge in [-0.15, -0.1) is 5.10 Å². The first-order valence-corrected chi connectivity index (χ1v) is 10.5. The van der Waals surface area contributed by atoms with Gasteiger partial charge in [-0.1, -0.05) is 60.0 Å². The molecule has 0 bridgehead atoms. The van der Waals surface area contributed by atoms with Crippen molar-refractivity contribution in [3.05, 3.63) is 76.6 Å². The molecule has 7 heteroatoms. The number of methoxy groups -OCH3 is 1. The van der Waals surface area contributed by atoms with Crippen molar-refractivity contribution in [2.75, 3.05) is 13.7 Å². The molecule has 0 aliphatic heterocycles. The summed E-state index contributed by atoms with van der Waals surface area (Å²) in [6.07, 6.45) is 6.09. The summed E-state index contributed by atoms with van der Waals surface area (Å²) >= 11 is 6.21. The topological polar surface area (TPSA) is 69.0 Å². The number of carbonyl (C=O) groups is 1. The molecule has 30 heavy (non-hydrogen) atoms. The zero-order chi connectivity index (χ0) is 21.0. The van der Waals surface area contributed by atoms with Gasteiger partial charge in [0, 0.05) is 17.0 Å². The molecule has 156 valence electrons. The number of carbonyl (C=O) groups excluding carboxylic acids is 1. The second kappa shape index (κ2) is 8.88. The molecule has 1 saturated carbocycles. The number of hydrogen-bond acceptors (Lipinski definition) is 4. The number of nitrogens with zero attached hydrogens (tertiary/aromatic N) is 3. The van der Waals surface area contributed by atoms with E-state index in [0.29, 0.717) is 23.8 Å². The highest BCUT2D eigenvalue weighted by Crippen LogP contribution is 2.41. The summed E-state index contributed by atoms with van der Waals surface area (Å²) in [6, 6.07) is 15.8. The Morgan fingerprint density at radius 2 is 1.90 bits per heavy atom. The molecule has 1 N–H and O–H groups in total. The van der Waals surface area contributed by atoms with Crippen LogP contribution in [0.1, 0.15) is 47.3 Å². The molecule has 0 atom stereocenters. The van der Waals surface area contributed by atoms with Gasteiger partial charge in [-0.05, 0) is 42.2 Å². The SMILES string of the molecule is COc1ccc(C2(CNC(=O)c3cn(Cc4ccccc4Cl)nn3)CCCC2)cc1. The van der Waals surface area contributed by atoms with Gasteiger partial charge in [0.2, 0.25) is 0 Å². The lowest BCUT2D eigenvalue weighted by molar-refractivity contribution is 0.0938. The van der Waals surface area contributed by atoms with E-state index in [2.05, 4.69) is 27.8 Å². The van der Waals surface area contributed by atoms with E-state index in [-0.39, 0.29) is 11.3 Å². The van der Waals surface area contributed by atoms with E-state index in [1.54, 1.807) is 18.0 Å². The molecule has 6 nitrogen and oxygen atoms in total. The van der Waals surface area contributed by atoms with Crippen LogP contribution in [-0.2, 0) is 12.0 Å². The van der Waals surface area contributed by atoms with Crippen molar-refractivity contribution >= 4 is 17.5 Å². The maximum absolute atomic E-state index is 12.7. The highest BCUT2D eigenvalue weighted by molar-refractivity contribution is 6.31. The van der Waals surface area contributed by atoms with E-state index < -0.39 is 0 Å². The Morgan fingerprint density at radius 1 is 1.17 bits per heavy atom. The standard InChI is InChI=1S/C23H25ClN4O2/c1-30-19-10-8-18(9-11-19)23(12-4-5-13-23)16-25-22(29)21-15-28(27-26-21)14-17-6-2-3-7-20(17)24/h2-3,6-11,15H,4-5,12-14,16H2,1H3,(H,25,29). The number of amides is 1. The first kappa shape index (κ1) is 20.4. The van der Waals surface area contributed by atoms with Crippen LogP contribution < -0.4 is 10.1 Å². The minimum atomic E-state index is -0.208. The number of benzene rings is 2. The molecule has 0 spiro atoms. The van der Waals surface area contributed by atoms with Crippen molar-refractivity contribution in [2.24, 2.45) is 0 Å². The molecule has 1 fully saturated rings. The fourth-order valence-electron chi connectivity index (χ4n) is 4.18. The summed E-state index contributed by atoms with van der Waals surface area (Å²) in [5.41, 5.74) is 2.43. The molecule has 1 heterocycles. The third kappa shape index (κ3) is 4.33. The van der Waals surface area contributed by atoms with Crippen LogP contribution in [0.5, 0.6) is 5.75 Å². The predicted molar refractivity (Wildman–Crippen MR) is 116 cm³/mol. The largest absolute Gasteiger partial charge is 0.497 e. The zero-order valence-electron chi connectivity index (χ0n) is 17.0. The molecule has 0 radical (unpaired) electrons. The average molecular weight is 425 g/mol. The van der Waals surface area contributed by atoms with Crippen molar-refractivity contribution in [2.45, 2.75) is 37.6 Å². The average Bonchev–Trinajstić information content (AvgIpc) is 3.44. The van der Waals surface area contributed by atoms with Gasteiger partial charge in [0.15, 0.2) is 5.69 Å². The highest BCUT2D eigenvalue weighted by Gasteiger charge is 2.36. The van der Waals surface area contributed by atoms with Gasteiger partial charge >= 0.3 is 0 Å². The number of hydrogen-bond donors (Lipinski definition) is 1. The van der Waals surface area contributed by atoms with Gasteiger partial charge in [0.05, 0.1) is 19.9 Å². The molecule has 1 aliphatic carbocycles. The summed E-state index contributed by atoms with van der Waals surface area (Å²) in [5.74, 6) is 0.631. The molecule has 2 aromatic carbocycles. The lowest BCUT2D eigenvalue weighted by atomic mass is 9.78. The highest BCUT2D eigenvalue weighted by atomic mass is 35.5. The molecule has 1 amide bonds. The molecule has 3 aromatic rings. The Kier molecular flexibility index (Phi) is 6.04. The molecular weight excluding hydrogens is 400 g/mol. The van der Waals surface area contributed by atoms with Gasteiger partial charge in [-0.3, -0.25) is 4.79 Å². The van der Waals surface area contributed by atoms with Gasteiger partial charge in [-0.25, -0.2) is 4.68 Å². The maximum atomic E-state index is 12.7. The number of aromatic nitrogens is 3. The Balaban J connectivity index is 1.43. The Labute approximate surface area is 181 Å². The predicted octanol–water partition coefficient (Wildman–Crippen LogP) is 4.23. The molecule has 1 aliphatic rings. The van der Waals surface area contributed by atoms with Crippen LogP contribution >= 0.6 is 11.6 Å². The van der Waals surface area contributed by atoms with Crippen molar-refractivity contribution in [3.63, 3.8) is 0 Å². The summed E-state index contributed by atoms with van der Waals surface area (Å²) in [5, 5.41) is 11.9. The van der Waals surface area contributed by atoms with E-state index in [9.17, 15) is 4.79 Å². The summed E-state index contributed by atoms with van der Waals surface area (Å²) in [4.78, 5) is 12.7. The third-order valence-electron chi connectivity index (χ3n) is 5.91. The van der Waals surface area contributed by atoms with Crippen LogP contribution in [0.25, 0.3) is 0 Å². The van der Waals surface area contributed by atoms with Gasteiger partial charge < -0.3 is 10.1 Å². The lowest BCUT2D eigenvalue weighted by Crippen LogP contribution is -2.39. The van der Waals surface area contributed by atoms with Gasteiger partial charge in [0.25, 0.3) is 5.91 Å². The van der Waals surface area contributed by atoms with E-state index in [4.69, 9.17) is 16.3 Å². The molecule has 0 saturated heterocycles. The monoisotopic (exact) mass is 424 g/mol. The van der Waals surface area contributed by atoms with Crippen molar-refractivity contribution in [3.8, 4) is 5.75 Å². The number of ether oxygens (including phenoxy) is 1. The summed E-state index contributed by atoms with van der Waals surface area (Å²) < 4.78 is 6.91. The van der Waals surface area contributed by atoms with E-state index in [1.807, 2.05) is 36.4 Å². The van der Waals surface area contributed by atoms with E-state index in [0.717, 1.165) is 37.0 Å². The summed E-state index contributed by atoms with van der Waals surface area (Å²) in [7, 11) is 1.67. The normalized spacial score (nSPS) is 15.1. The Bertz CT molecular complexity index is 1010. The van der Waals surface area contributed by atoms with E-state index in [1.165, 1.54) is 5.56 Å². The molecule has 1 aromatic heterocycles. The maximum Gasteiger partial charge on any atom is 0.273 e. The van der Waals surface area contributed by atoms with Crippen molar-refractivity contribution in [1.29, 1.82) is 0 Å². The fraction of sp³-hybridized carbons (Fsp3) is 0.348. The van der Waals surface area contributed by atoms with Crippen LogP contribution in [0, 0.1) is 0 Å². The van der Waals surface area contributed by atoms with E-state index >= 15 is 0 Å². The quantitative estimate of drug-likeness (QED) is 0.616. The van der Waals surface area contributed by atoms with Crippen LogP contribution in [0.15, 0.2) is 54.7 Å². The molecule has 0 unspecified atom stereocenters. The second-order valence-corrected chi connectivity index (χ2v) is 8.20. The van der Waals surface area contributed by atoms with Crippen molar-refractivity contribution < 1.29 is 9.53 Å². The van der Waals surface area contributed by atoms with Crippen LogP contribution in [0.2, 0.25) is 5.02 Å². The number of rotatable bonds is 7. The van der Waals surface area contributed by atoms with Crippen LogP contribution in [-0.4, -0.2) is 34.6 Å². The minimum absolute atomic E-state index is 0.0461. The molecule has 4 rings (SSSR count). The molecular formula is C23H25ClN4O2. The first-order chi connectivity index (χ1) is 14.6. The fourth-order valence-corrected chi connectivity index (χ4v) is 4.38. The van der Waals surface area contributed by atoms with Crippen molar-refractivity contribution in [1.82, 2.24) is 20.3 Å². The lowest BCUT2D eigenvalue weighted by Gasteiger charge is -2.30. The van der Waals surface area contributed by atoms with Crippen LogP contribution in [0.3, 0.4) is 0 Å². The number of nitrogens with one attached hydrogen (secondary N) is 1. The smallest absolute Gasteiger partial charge is 0.273 e. The third-order valence-corrected chi connectivity index (χ3v) is 6.28. The second-order valence-electron chi connectivity index (χ2n) is 7.79. The van der Waals surface area contributed by atoms with Gasteiger partial charge in [0.1, 0.15) is 5.75 Å².